The molecule has 1 aromatic carbocycles. The second-order valence-electron chi connectivity index (χ2n) is 10.8. The molecule has 1 atom stereocenters. The van der Waals surface area contributed by atoms with E-state index in [4.69, 9.17) is 25.2 Å². The summed E-state index contributed by atoms with van der Waals surface area (Å²) in [7, 11) is 0. The number of carbonyl (C=O) groups is 1. The molecule has 0 spiro atoms. The first-order valence-corrected chi connectivity index (χ1v) is 13.3. The molecule has 200 valence electrons. The molecule has 9 heteroatoms. The first kappa shape index (κ1) is 25.9. The SMILES string of the molecule is CCOCc1nc2c(N)nc3cc(-c4cccnc4)ccc3c2n1CC1CCCCN1C(=O)OC(C)(C)C. The summed E-state index contributed by atoms with van der Waals surface area (Å²) in [5, 5.41) is 0.955. The highest BCUT2D eigenvalue weighted by Gasteiger charge is 2.32. The Labute approximate surface area is 223 Å². The fourth-order valence-corrected chi connectivity index (χ4v) is 5.13. The van der Waals surface area contributed by atoms with Gasteiger partial charge in [0.25, 0.3) is 0 Å². The van der Waals surface area contributed by atoms with Gasteiger partial charge in [-0.3, -0.25) is 4.98 Å². The Balaban J connectivity index is 1.61. The third-order valence-corrected chi connectivity index (χ3v) is 6.86. The number of benzene rings is 1. The summed E-state index contributed by atoms with van der Waals surface area (Å²) in [6.07, 6.45) is 6.22. The van der Waals surface area contributed by atoms with Crippen molar-refractivity contribution in [3.8, 4) is 11.1 Å². The van der Waals surface area contributed by atoms with Crippen LogP contribution in [0.25, 0.3) is 33.1 Å². The largest absolute Gasteiger partial charge is 0.444 e. The zero-order valence-electron chi connectivity index (χ0n) is 22.6. The number of likely N-dealkylation sites (tertiary alicyclic amines) is 1. The Bertz CT molecular complexity index is 1440. The van der Waals surface area contributed by atoms with E-state index < -0.39 is 5.60 Å². The molecule has 2 N–H and O–H groups in total. The fourth-order valence-electron chi connectivity index (χ4n) is 5.13. The average Bonchev–Trinajstić information content (AvgIpc) is 3.26. The van der Waals surface area contributed by atoms with Crippen LogP contribution in [0.2, 0.25) is 0 Å². The van der Waals surface area contributed by atoms with Gasteiger partial charge in [-0.05, 0) is 64.7 Å². The molecule has 0 saturated carbocycles. The maximum atomic E-state index is 13.1. The molecule has 1 saturated heterocycles. The summed E-state index contributed by atoms with van der Waals surface area (Å²) in [5.41, 5.74) is 10.3. The molecular formula is C29H36N6O3. The predicted molar refractivity (Wildman–Crippen MR) is 149 cm³/mol. The molecule has 1 amide bonds. The molecule has 3 aromatic heterocycles. The number of pyridine rings is 2. The van der Waals surface area contributed by atoms with Gasteiger partial charge in [0, 0.05) is 43.0 Å². The van der Waals surface area contributed by atoms with Crippen molar-refractivity contribution in [1.29, 1.82) is 0 Å². The number of carbonyl (C=O) groups excluding carboxylic acids is 1. The number of imidazole rings is 1. The smallest absolute Gasteiger partial charge is 0.410 e. The number of aromatic nitrogens is 4. The van der Waals surface area contributed by atoms with Crippen molar-refractivity contribution in [2.24, 2.45) is 0 Å². The van der Waals surface area contributed by atoms with Crippen LogP contribution in [0, 0.1) is 0 Å². The maximum absolute atomic E-state index is 13.1. The molecule has 9 nitrogen and oxygen atoms in total. The second kappa shape index (κ2) is 10.6. The fraction of sp³-hybridized carbons (Fsp3) is 0.448. The van der Waals surface area contributed by atoms with Crippen LogP contribution >= 0.6 is 0 Å². The highest BCUT2D eigenvalue weighted by atomic mass is 16.6. The van der Waals surface area contributed by atoms with Crippen LogP contribution in [-0.4, -0.2) is 55.3 Å². The summed E-state index contributed by atoms with van der Waals surface area (Å²) in [6, 6.07) is 10.1. The quantitative estimate of drug-likeness (QED) is 0.358. The van der Waals surface area contributed by atoms with Crippen LogP contribution in [-0.2, 0) is 22.6 Å². The topological polar surface area (TPSA) is 108 Å². The molecule has 38 heavy (non-hydrogen) atoms. The van der Waals surface area contributed by atoms with Gasteiger partial charge in [-0.15, -0.1) is 0 Å². The van der Waals surface area contributed by atoms with Crippen LogP contribution in [0.5, 0.6) is 0 Å². The van der Waals surface area contributed by atoms with Gasteiger partial charge in [-0.25, -0.2) is 14.8 Å². The third kappa shape index (κ3) is 5.29. The highest BCUT2D eigenvalue weighted by molar-refractivity contribution is 6.07. The maximum Gasteiger partial charge on any atom is 0.410 e. The van der Waals surface area contributed by atoms with Crippen molar-refractivity contribution >= 4 is 33.8 Å². The Hall–Kier alpha value is -3.72. The van der Waals surface area contributed by atoms with Gasteiger partial charge in [0.15, 0.2) is 5.82 Å². The summed E-state index contributed by atoms with van der Waals surface area (Å²) in [4.78, 5) is 28.8. The Morgan fingerprint density at radius 1 is 1.16 bits per heavy atom. The first-order chi connectivity index (χ1) is 18.2. The molecule has 1 aliphatic heterocycles. The van der Waals surface area contributed by atoms with Gasteiger partial charge in [0.2, 0.25) is 0 Å². The van der Waals surface area contributed by atoms with E-state index in [1.54, 1.807) is 6.20 Å². The van der Waals surface area contributed by atoms with Gasteiger partial charge in [-0.2, -0.15) is 0 Å². The van der Waals surface area contributed by atoms with Gasteiger partial charge in [0.1, 0.15) is 23.5 Å². The Kier molecular flexibility index (Phi) is 7.21. The number of nitrogen functional groups attached to an aromatic ring is 1. The Morgan fingerprint density at radius 2 is 2.00 bits per heavy atom. The molecule has 0 radical (unpaired) electrons. The Morgan fingerprint density at radius 3 is 2.74 bits per heavy atom. The lowest BCUT2D eigenvalue weighted by Crippen LogP contribution is -2.48. The first-order valence-electron chi connectivity index (χ1n) is 13.3. The van der Waals surface area contributed by atoms with E-state index in [0.717, 1.165) is 52.6 Å². The van der Waals surface area contributed by atoms with E-state index in [1.807, 2.05) is 57.0 Å². The third-order valence-electron chi connectivity index (χ3n) is 6.86. The summed E-state index contributed by atoms with van der Waals surface area (Å²) >= 11 is 0. The zero-order chi connectivity index (χ0) is 26.9. The normalized spacial score (nSPS) is 16.3. The van der Waals surface area contributed by atoms with Gasteiger partial charge < -0.3 is 24.7 Å². The van der Waals surface area contributed by atoms with Gasteiger partial charge in [0.05, 0.1) is 17.1 Å². The number of nitrogens with zero attached hydrogens (tertiary/aromatic N) is 5. The zero-order valence-corrected chi connectivity index (χ0v) is 22.6. The summed E-state index contributed by atoms with van der Waals surface area (Å²) in [6.45, 7) is 9.81. The molecule has 1 unspecified atom stereocenters. The van der Waals surface area contributed by atoms with Crippen molar-refractivity contribution < 1.29 is 14.3 Å². The molecule has 0 bridgehead atoms. The molecular weight excluding hydrogens is 480 g/mol. The van der Waals surface area contributed by atoms with Gasteiger partial charge >= 0.3 is 6.09 Å². The minimum atomic E-state index is -0.552. The van der Waals surface area contributed by atoms with Crippen molar-refractivity contribution in [2.45, 2.75) is 71.8 Å². The monoisotopic (exact) mass is 516 g/mol. The lowest BCUT2D eigenvalue weighted by atomic mass is 10.0. The number of hydrogen-bond donors (Lipinski definition) is 1. The number of nitrogens with two attached hydrogens (primary N) is 1. The standard InChI is InChI=1S/C29H36N6O3/c1-5-37-18-24-33-25-26(35(24)17-21-10-6-7-14-34(21)28(36)38-29(2,3)4)22-12-11-19(15-23(22)32-27(25)30)20-9-8-13-31-16-20/h8-9,11-13,15-16,21H,5-7,10,14,17-18H2,1-4H3,(H2,30,32). The van der Waals surface area contributed by atoms with Crippen molar-refractivity contribution in [1.82, 2.24) is 24.4 Å². The van der Waals surface area contributed by atoms with Crippen molar-refractivity contribution in [2.75, 3.05) is 18.9 Å². The summed E-state index contributed by atoms with van der Waals surface area (Å²) < 4.78 is 13.7. The van der Waals surface area contributed by atoms with E-state index in [1.165, 1.54) is 0 Å². The number of amides is 1. The number of rotatable bonds is 6. The van der Waals surface area contributed by atoms with Gasteiger partial charge in [-0.1, -0.05) is 18.2 Å². The van der Waals surface area contributed by atoms with Crippen LogP contribution in [0.4, 0.5) is 10.6 Å². The number of anilines is 1. The lowest BCUT2D eigenvalue weighted by molar-refractivity contribution is 0.00764. The number of piperidine rings is 1. The number of fused-ring (bicyclic) bond motifs is 3. The minimum absolute atomic E-state index is 0.0320. The van der Waals surface area contributed by atoms with E-state index in [9.17, 15) is 4.79 Å². The van der Waals surface area contributed by atoms with E-state index in [0.29, 0.717) is 37.6 Å². The molecule has 5 rings (SSSR count). The predicted octanol–water partition coefficient (Wildman–Crippen LogP) is 5.55. The van der Waals surface area contributed by atoms with Crippen LogP contribution in [0.1, 0.15) is 52.8 Å². The van der Waals surface area contributed by atoms with E-state index >= 15 is 0 Å². The summed E-state index contributed by atoms with van der Waals surface area (Å²) in [5.74, 6) is 1.15. The van der Waals surface area contributed by atoms with E-state index in [-0.39, 0.29) is 12.1 Å². The molecule has 1 aliphatic rings. The molecule has 4 heterocycles. The number of hydrogen-bond acceptors (Lipinski definition) is 7. The number of ether oxygens (including phenoxy) is 2. The highest BCUT2D eigenvalue weighted by Crippen LogP contribution is 2.33. The van der Waals surface area contributed by atoms with Crippen LogP contribution < -0.4 is 5.73 Å². The minimum Gasteiger partial charge on any atom is -0.444 e. The van der Waals surface area contributed by atoms with Crippen molar-refractivity contribution in [3.05, 3.63) is 48.5 Å². The molecule has 4 aromatic rings. The second-order valence-corrected chi connectivity index (χ2v) is 10.8. The average molecular weight is 517 g/mol. The van der Waals surface area contributed by atoms with Crippen LogP contribution in [0.15, 0.2) is 42.7 Å². The molecule has 1 fully saturated rings. The van der Waals surface area contributed by atoms with E-state index in [2.05, 4.69) is 21.7 Å². The van der Waals surface area contributed by atoms with Crippen molar-refractivity contribution in [3.63, 3.8) is 0 Å². The lowest BCUT2D eigenvalue weighted by Gasteiger charge is -2.37. The van der Waals surface area contributed by atoms with Crippen LogP contribution in [0.3, 0.4) is 0 Å². The molecule has 0 aliphatic carbocycles.